The third-order valence-electron chi connectivity index (χ3n) is 7.61. The summed E-state index contributed by atoms with van der Waals surface area (Å²) < 4.78 is 0. The van der Waals surface area contributed by atoms with E-state index >= 15 is 4.79 Å². The number of carbonyl (C=O) groups excluding carboxylic acids is 1. The van der Waals surface area contributed by atoms with E-state index in [-0.39, 0.29) is 5.91 Å². The third-order valence-corrected chi connectivity index (χ3v) is 7.61. The molecule has 1 unspecified atom stereocenters. The second-order valence-electron chi connectivity index (χ2n) is 9.56. The zero-order valence-corrected chi connectivity index (χ0v) is 20.0. The van der Waals surface area contributed by atoms with Gasteiger partial charge in [0.15, 0.2) is 0 Å². The van der Waals surface area contributed by atoms with Crippen LogP contribution in [0, 0.1) is 6.92 Å². The van der Waals surface area contributed by atoms with Crippen LogP contribution in [0.2, 0.25) is 0 Å². The van der Waals surface area contributed by atoms with Crippen LogP contribution in [0.5, 0.6) is 0 Å². The number of nitrogens with zero attached hydrogens (tertiary/aromatic N) is 1. The van der Waals surface area contributed by atoms with Crippen LogP contribution < -0.4 is 4.90 Å². The topological polar surface area (TPSA) is 51.9 Å². The number of amides is 1. The van der Waals surface area contributed by atoms with E-state index in [9.17, 15) is 0 Å². The number of H-pyrrole nitrogens is 2. The third kappa shape index (κ3) is 2.73. The number of rotatable bonds is 4. The Kier molecular flexibility index (Phi) is 4.45. The molecule has 0 saturated carbocycles. The van der Waals surface area contributed by atoms with Crippen molar-refractivity contribution in [3.8, 4) is 0 Å². The van der Waals surface area contributed by atoms with E-state index in [1.807, 2.05) is 59.6 Å². The summed E-state index contributed by atoms with van der Waals surface area (Å²) in [6.45, 7) is 2.60. The van der Waals surface area contributed by atoms with Crippen LogP contribution in [0.4, 0.5) is 5.69 Å². The lowest BCUT2D eigenvalue weighted by atomic mass is 9.69. The summed E-state index contributed by atoms with van der Waals surface area (Å²) in [5, 5.41) is 2.14. The van der Waals surface area contributed by atoms with Crippen molar-refractivity contribution in [2.24, 2.45) is 0 Å². The summed E-state index contributed by atoms with van der Waals surface area (Å²) in [5.41, 5.74) is 7.17. The molecule has 1 aliphatic heterocycles. The molecule has 4 aromatic carbocycles. The number of nitrogens with one attached hydrogen (secondary N) is 2. The zero-order valence-electron chi connectivity index (χ0n) is 20.0. The van der Waals surface area contributed by atoms with Crippen molar-refractivity contribution in [3.63, 3.8) is 0 Å². The Morgan fingerprint density at radius 1 is 0.722 bits per heavy atom. The van der Waals surface area contributed by atoms with E-state index in [0.29, 0.717) is 6.54 Å². The number of aromatic amines is 2. The number of hydrogen-bond donors (Lipinski definition) is 2. The molecule has 0 aliphatic carbocycles. The average molecular weight is 468 g/mol. The molecule has 4 nitrogen and oxygen atoms in total. The fraction of sp³-hybridized carbons (Fsp3) is 0.0938. The summed E-state index contributed by atoms with van der Waals surface area (Å²) >= 11 is 0. The van der Waals surface area contributed by atoms with E-state index in [2.05, 4.69) is 71.5 Å². The minimum atomic E-state index is -0.991. The molecular formula is C32H25N3O. The predicted octanol–water partition coefficient (Wildman–Crippen LogP) is 6.84. The van der Waals surface area contributed by atoms with Crippen LogP contribution in [0.25, 0.3) is 21.8 Å². The van der Waals surface area contributed by atoms with Crippen molar-refractivity contribution in [3.05, 3.63) is 137 Å². The molecule has 0 saturated heterocycles. The highest BCUT2D eigenvalue weighted by Crippen LogP contribution is 2.54. The number of benzene rings is 4. The largest absolute Gasteiger partial charge is 0.361 e. The van der Waals surface area contributed by atoms with E-state index in [4.69, 9.17) is 0 Å². The summed E-state index contributed by atoms with van der Waals surface area (Å²) in [4.78, 5) is 24.0. The van der Waals surface area contributed by atoms with E-state index in [1.165, 1.54) is 0 Å². The van der Waals surface area contributed by atoms with Gasteiger partial charge >= 0.3 is 0 Å². The number of aromatic nitrogens is 2. The monoisotopic (exact) mass is 467 g/mol. The molecule has 1 aliphatic rings. The first-order valence-corrected chi connectivity index (χ1v) is 12.3. The molecule has 4 heteroatoms. The number of carbonyl (C=O) groups is 1. The molecule has 0 spiro atoms. The first-order valence-electron chi connectivity index (χ1n) is 12.3. The van der Waals surface area contributed by atoms with E-state index < -0.39 is 5.41 Å². The second kappa shape index (κ2) is 7.72. The van der Waals surface area contributed by atoms with Crippen molar-refractivity contribution in [1.29, 1.82) is 0 Å². The number of fused-ring (bicyclic) bond motifs is 3. The zero-order chi connectivity index (χ0) is 24.3. The van der Waals surface area contributed by atoms with E-state index in [0.717, 1.165) is 55.4 Å². The second-order valence-corrected chi connectivity index (χ2v) is 9.56. The van der Waals surface area contributed by atoms with Gasteiger partial charge in [-0.1, -0.05) is 84.9 Å². The molecule has 7 rings (SSSR count). The van der Waals surface area contributed by atoms with Gasteiger partial charge in [0.1, 0.15) is 5.41 Å². The Balaban J connectivity index is 1.60. The lowest BCUT2D eigenvalue weighted by Crippen LogP contribution is -2.42. The maximum absolute atomic E-state index is 15.0. The molecule has 1 atom stereocenters. The Hall–Kier alpha value is -4.57. The van der Waals surface area contributed by atoms with Crippen LogP contribution in [0.3, 0.4) is 0 Å². The lowest BCUT2D eigenvalue weighted by molar-refractivity contribution is -0.120. The van der Waals surface area contributed by atoms with Gasteiger partial charge in [0.25, 0.3) is 0 Å². The molecule has 3 heterocycles. The first kappa shape index (κ1) is 20.8. The summed E-state index contributed by atoms with van der Waals surface area (Å²) in [7, 11) is 0. The maximum Gasteiger partial charge on any atom is 0.247 e. The van der Waals surface area contributed by atoms with Crippen LogP contribution in [0.15, 0.2) is 109 Å². The van der Waals surface area contributed by atoms with Gasteiger partial charge < -0.3 is 14.9 Å². The fourth-order valence-electron chi connectivity index (χ4n) is 6.15. The van der Waals surface area contributed by atoms with Crippen molar-refractivity contribution in [2.45, 2.75) is 18.9 Å². The van der Waals surface area contributed by atoms with Gasteiger partial charge in [-0.3, -0.25) is 4.79 Å². The quantitative estimate of drug-likeness (QED) is 0.293. The predicted molar refractivity (Wildman–Crippen MR) is 145 cm³/mol. The Morgan fingerprint density at radius 3 is 2.22 bits per heavy atom. The maximum atomic E-state index is 15.0. The van der Waals surface area contributed by atoms with Crippen molar-refractivity contribution in [2.75, 3.05) is 4.90 Å². The highest BCUT2D eigenvalue weighted by atomic mass is 16.2. The van der Waals surface area contributed by atoms with Gasteiger partial charge in [0, 0.05) is 56.1 Å². The standard InChI is InChI=1S/C32H25N3O/c1-21-30(24-14-6-9-17-28(24)34-21)32(26-19-33-27-16-8-5-13-23(26)27)25-15-7-10-18-29(25)35(31(32)36)20-22-11-3-2-4-12-22/h2-19,33-34H,20H2,1H3. The van der Waals surface area contributed by atoms with E-state index in [1.54, 1.807) is 0 Å². The Morgan fingerprint density at radius 2 is 1.39 bits per heavy atom. The van der Waals surface area contributed by atoms with Crippen molar-refractivity contribution in [1.82, 2.24) is 9.97 Å². The van der Waals surface area contributed by atoms with Gasteiger partial charge in [-0.05, 0) is 30.7 Å². The van der Waals surface area contributed by atoms with Crippen LogP contribution in [0.1, 0.15) is 27.9 Å². The highest BCUT2D eigenvalue weighted by molar-refractivity contribution is 6.17. The van der Waals surface area contributed by atoms with Crippen LogP contribution >= 0.6 is 0 Å². The summed E-state index contributed by atoms with van der Waals surface area (Å²) in [6.07, 6.45) is 2.03. The smallest absolute Gasteiger partial charge is 0.247 e. The van der Waals surface area contributed by atoms with Gasteiger partial charge in [-0.15, -0.1) is 0 Å². The molecule has 0 bridgehead atoms. The molecule has 0 fully saturated rings. The van der Waals surface area contributed by atoms with Gasteiger partial charge in [0.05, 0.1) is 6.54 Å². The molecule has 2 N–H and O–H groups in total. The number of hydrogen-bond acceptors (Lipinski definition) is 1. The van der Waals surface area contributed by atoms with Crippen LogP contribution in [-0.2, 0) is 16.8 Å². The summed E-state index contributed by atoms with van der Waals surface area (Å²) in [6, 6.07) is 35.1. The number of para-hydroxylation sites is 3. The average Bonchev–Trinajstić information content (AvgIpc) is 3.56. The SMILES string of the molecule is Cc1[nH]c2ccccc2c1C1(c2c[nH]c3ccccc23)C(=O)N(Cc2ccccc2)c2ccccc21. The minimum Gasteiger partial charge on any atom is -0.361 e. The minimum absolute atomic E-state index is 0.0742. The van der Waals surface area contributed by atoms with Gasteiger partial charge in [-0.2, -0.15) is 0 Å². The molecule has 6 aromatic rings. The fourth-order valence-corrected chi connectivity index (χ4v) is 6.15. The Bertz CT molecular complexity index is 1760. The molecule has 36 heavy (non-hydrogen) atoms. The lowest BCUT2D eigenvalue weighted by Gasteiger charge is -2.30. The van der Waals surface area contributed by atoms with Gasteiger partial charge in [0.2, 0.25) is 5.91 Å². The van der Waals surface area contributed by atoms with Crippen LogP contribution in [-0.4, -0.2) is 15.9 Å². The molecule has 0 radical (unpaired) electrons. The number of aryl methyl sites for hydroxylation is 1. The van der Waals surface area contributed by atoms with Gasteiger partial charge in [-0.25, -0.2) is 0 Å². The molecule has 1 amide bonds. The number of anilines is 1. The molecule has 174 valence electrons. The molecular weight excluding hydrogens is 442 g/mol. The van der Waals surface area contributed by atoms with Crippen molar-refractivity contribution >= 4 is 33.4 Å². The first-order chi connectivity index (χ1) is 17.7. The summed E-state index contributed by atoms with van der Waals surface area (Å²) in [5.74, 6) is 0.0742. The highest BCUT2D eigenvalue weighted by Gasteiger charge is 2.55. The normalized spacial score (nSPS) is 17.2. The Labute approximate surface area is 209 Å². The molecule has 2 aromatic heterocycles. The van der Waals surface area contributed by atoms with Crippen molar-refractivity contribution < 1.29 is 4.79 Å².